The Labute approximate surface area is 102 Å². The fourth-order valence-electron chi connectivity index (χ4n) is 2.44. The minimum absolute atomic E-state index is 0.486. The highest BCUT2D eigenvalue weighted by Gasteiger charge is 2.28. The first-order chi connectivity index (χ1) is 7.76. The summed E-state index contributed by atoms with van der Waals surface area (Å²) in [5.74, 6) is 0. The first-order valence-electron chi connectivity index (χ1n) is 6.19. The van der Waals surface area contributed by atoms with Crippen molar-refractivity contribution >= 4 is 16.5 Å². The number of nitrogens with two attached hydrogens (primary N) is 1. The average molecular weight is 239 g/mol. The Balaban J connectivity index is 2.20. The molecule has 4 heteroatoms. The van der Waals surface area contributed by atoms with E-state index in [-0.39, 0.29) is 0 Å². The molecular weight excluding hydrogens is 218 g/mol. The van der Waals surface area contributed by atoms with Gasteiger partial charge in [-0.1, -0.05) is 6.92 Å². The van der Waals surface area contributed by atoms with Gasteiger partial charge in [0.25, 0.3) is 0 Å². The van der Waals surface area contributed by atoms with E-state index < -0.39 is 0 Å². The molecule has 90 valence electrons. The van der Waals surface area contributed by atoms with E-state index >= 15 is 0 Å². The van der Waals surface area contributed by atoms with Crippen LogP contribution < -0.4 is 10.6 Å². The lowest BCUT2D eigenvalue weighted by molar-refractivity contribution is 0.400. The van der Waals surface area contributed by atoms with Crippen molar-refractivity contribution in [3.63, 3.8) is 0 Å². The Morgan fingerprint density at radius 3 is 3.00 bits per heavy atom. The monoisotopic (exact) mass is 239 g/mol. The molecule has 0 saturated carbocycles. The molecular formula is C12H21N3S. The molecule has 1 saturated heterocycles. The normalized spacial score (nSPS) is 26.1. The topological polar surface area (TPSA) is 42.1 Å². The maximum atomic E-state index is 5.87. The molecule has 1 fully saturated rings. The third kappa shape index (κ3) is 2.23. The van der Waals surface area contributed by atoms with Crippen molar-refractivity contribution in [1.82, 2.24) is 4.98 Å². The summed E-state index contributed by atoms with van der Waals surface area (Å²) in [5.41, 5.74) is 7.07. The predicted octanol–water partition coefficient (Wildman–Crippen LogP) is 2.41. The van der Waals surface area contributed by atoms with Crippen LogP contribution in [0.1, 0.15) is 38.8 Å². The van der Waals surface area contributed by atoms with Gasteiger partial charge in [-0.15, -0.1) is 11.3 Å². The van der Waals surface area contributed by atoms with Gasteiger partial charge < -0.3 is 10.6 Å². The second-order valence-electron chi connectivity index (χ2n) is 4.55. The highest BCUT2D eigenvalue weighted by Crippen LogP contribution is 2.31. The van der Waals surface area contributed by atoms with Crippen LogP contribution in [0.2, 0.25) is 0 Å². The van der Waals surface area contributed by atoms with Gasteiger partial charge in [-0.25, -0.2) is 4.98 Å². The van der Waals surface area contributed by atoms with E-state index in [1.165, 1.54) is 30.1 Å². The Morgan fingerprint density at radius 1 is 1.56 bits per heavy atom. The summed E-state index contributed by atoms with van der Waals surface area (Å²) in [6.07, 6.45) is 4.79. The average Bonchev–Trinajstić information content (AvgIpc) is 2.76. The van der Waals surface area contributed by atoms with Crippen LogP contribution in [0.25, 0.3) is 0 Å². The summed E-state index contributed by atoms with van der Waals surface area (Å²) in [6, 6.07) is 1.07. The molecule has 0 radical (unpaired) electrons. The van der Waals surface area contributed by atoms with Gasteiger partial charge in [0.1, 0.15) is 0 Å². The molecule has 0 bridgehead atoms. The SMILES string of the molecule is CCc1csc(N2C(C)CCCC2CN)n1. The van der Waals surface area contributed by atoms with Crippen LogP contribution in [-0.2, 0) is 6.42 Å². The standard InChI is InChI=1S/C12H21N3S/c1-3-10-8-16-12(14-10)15-9(2)5-4-6-11(15)7-13/h8-9,11H,3-7,13H2,1-2H3. The lowest BCUT2D eigenvalue weighted by Crippen LogP contribution is -2.49. The van der Waals surface area contributed by atoms with Gasteiger partial charge in [-0.3, -0.25) is 0 Å². The summed E-state index contributed by atoms with van der Waals surface area (Å²) >= 11 is 1.76. The molecule has 2 N–H and O–H groups in total. The van der Waals surface area contributed by atoms with Gasteiger partial charge in [0.2, 0.25) is 0 Å². The first kappa shape index (κ1) is 11.9. The van der Waals surface area contributed by atoms with Crippen molar-refractivity contribution < 1.29 is 0 Å². The molecule has 2 rings (SSSR count). The third-order valence-corrected chi connectivity index (χ3v) is 4.33. The molecule has 3 nitrogen and oxygen atoms in total. The summed E-state index contributed by atoms with van der Waals surface area (Å²) in [4.78, 5) is 7.13. The quantitative estimate of drug-likeness (QED) is 0.881. The van der Waals surface area contributed by atoms with E-state index in [0.717, 1.165) is 13.0 Å². The zero-order chi connectivity index (χ0) is 11.5. The van der Waals surface area contributed by atoms with E-state index in [1.807, 2.05) is 0 Å². The maximum Gasteiger partial charge on any atom is 0.186 e. The van der Waals surface area contributed by atoms with Crippen molar-refractivity contribution in [2.24, 2.45) is 5.73 Å². The number of nitrogens with zero attached hydrogens (tertiary/aromatic N) is 2. The number of piperidine rings is 1. The number of rotatable bonds is 3. The highest BCUT2D eigenvalue weighted by atomic mass is 32.1. The van der Waals surface area contributed by atoms with Gasteiger partial charge in [0, 0.05) is 24.0 Å². The fourth-order valence-corrected chi connectivity index (χ4v) is 3.52. The second kappa shape index (κ2) is 5.15. The number of hydrogen-bond donors (Lipinski definition) is 1. The lowest BCUT2D eigenvalue weighted by atomic mass is 9.97. The number of hydrogen-bond acceptors (Lipinski definition) is 4. The molecule has 0 aromatic carbocycles. The smallest absolute Gasteiger partial charge is 0.186 e. The van der Waals surface area contributed by atoms with Crippen LogP contribution in [0.4, 0.5) is 5.13 Å². The number of aromatic nitrogens is 1. The molecule has 1 aliphatic rings. The third-order valence-electron chi connectivity index (χ3n) is 3.42. The van der Waals surface area contributed by atoms with Crippen LogP contribution >= 0.6 is 11.3 Å². The van der Waals surface area contributed by atoms with Crippen molar-refractivity contribution in [3.05, 3.63) is 11.1 Å². The van der Waals surface area contributed by atoms with Crippen LogP contribution in [0, 0.1) is 0 Å². The largest absolute Gasteiger partial charge is 0.341 e. The Hall–Kier alpha value is -0.610. The highest BCUT2D eigenvalue weighted by molar-refractivity contribution is 7.13. The van der Waals surface area contributed by atoms with Crippen LogP contribution in [0.15, 0.2) is 5.38 Å². The molecule has 2 unspecified atom stereocenters. The van der Waals surface area contributed by atoms with E-state index in [0.29, 0.717) is 12.1 Å². The molecule has 16 heavy (non-hydrogen) atoms. The Kier molecular flexibility index (Phi) is 3.82. The second-order valence-corrected chi connectivity index (χ2v) is 5.39. The Morgan fingerprint density at radius 2 is 2.38 bits per heavy atom. The molecule has 0 amide bonds. The van der Waals surface area contributed by atoms with E-state index in [9.17, 15) is 0 Å². The number of thiazole rings is 1. The van der Waals surface area contributed by atoms with Gasteiger partial charge in [-0.2, -0.15) is 0 Å². The summed E-state index contributed by atoms with van der Waals surface area (Å²) in [5, 5.41) is 3.34. The molecule has 1 aliphatic heterocycles. The van der Waals surface area contributed by atoms with E-state index in [4.69, 9.17) is 5.73 Å². The van der Waals surface area contributed by atoms with Crippen molar-refractivity contribution in [1.29, 1.82) is 0 Å². The van der Waals surface area contributed by atoms with Crippen LogP contribution in [0.5, 0.6) is 0 Å². The minimum atomic E-state index is 0.486. The molecule has 2 atom stereocenters. The van der Waals surface area contributed by atoms with Crippen molar-refractivity contribution in [2.75, 3.05) is 11.4 Å². The van der Waals surface area contributed by atoms with E-state index in [1.54, 1.807) is 11.3 Å². The zero-order valence-electron chi connectivity index (χ0n) is 10.1. The maximum absolute atomic E-state index is 5.87. The van der Waals surface area contributed by atoms with Crippen LogP contribution in [0.3, 0.4) is 0 Å². The minimum Gasteiger partial charge on any atom is -0.341 e. The van der Waals surface area contributed by atoms with E-state index in [2.05, 4.69) is 29.1 Å². The lowest BCUT2D eigenvalue weighted by Gasteiger charge is -2.40. The summed E-state index contributed by atoms with van der Waals surface area (Å²) in [7, 11) is 0. The summed E-state index contributed by atoms with van der Waals surface area (Å²) < 4.78 is 0. The zero-order valence-corrected chi connectivity index (χ0v) is 11.0. The number of aryl methyl sites for hydroxylation is 1. The van der Waals surface area contributed by atoms with Gasteiger partial charge in [0.05, 0.1) is 5.69 Å². The van der Waals surface area contributed by atoms with Crippen molar-refractivity contribution in [3.8, 4) is 0 Å². The van der Waals surface area contributed by atoms with Gasteiger partial charge >= 0.3 is 0 Å². The van der Waals surface area contributed by atoms with Gasteiger partial charge in [-0.05, 0) is 32.6 Å². The Bertz CT molecular complexity index is 337. The van der Waals surface area contributed by atoms with Crippen molar-refractivity contribution in [2.45, 2.75) is 51.6 Å². The molecule has 0 spiro atoms. The molecule has 2 heterocycles. The first-order valence-corrected chi connectivity index (χ1v) is 7.07. The van der Waals surface area contributed by atoms with Crippen LogP contribution in [-0.4, -0.2) is 23.6 Å². The molecule has 0 aliphatic carbocycles. The molecule has 1 aromatic heterocycles. The number of anilines is 1. The fraction of sp³-hybridized carbons (Fsp3) is 0.750. The van der Waals surface area contributed by atoms with Gasteiger partial charge in [0.15, 0.2) is 5.13 Å². The molecule has 1 aromatic rings. The summed E-state index contributed by atoms with van der Waals surface area (Å²) in [6.45, 7) is 5.18. The predicted molar refractivity (Wildman–Crippen MR) is 70.1 cm³/mol.